The Bertz CT molecular complexity index is 2640. The van der Waals surface area contributed by atoms with Gasteiger partial charge in [-0.2, -0.15) is 0 Å². The van der Waals surface area contributed by atoms with E-state index in [2.05, 4.69) is 45.3 Å². The van der Waals surface area contributed by atoms with Crippen LogP contribution in [0, 0.1) is 29.6 Å². The summed E-state index contributed by atoms with van der Waals surface area (Å²) >= 11 is 0. The third kappa shape index (κ3) is 6.41. The van der Waals surface area contributed by atoms with Crippen molar-refractivity contribution >= 4 is 50.9 Å². The molecule has 12 nitrogen and oxygen atoms in total. The van der Waals surface area contributed by atoms with Crippen molar-refractivity contribution in [2.24, 2.45) is 17.8 Å². The van der Waals surface area contributed by atoms with Crippen LogP contribution >= 0.6 is 0 Å². The molecule has 3 N–H and O–H groups in total. The number of likely N-dealkylation sites (tertiary alicyclic amines) is 2. The fourth-order valence-corrected chi connectivity index (χ4v) is 9.11. The molecule has 2 aliphatic heterocycles. The Morgan fingerprint density at radius 1 is 0.807 bits per heavy atom. The molecular weight excluding hydrogens is 719 g/mol. The van der Waals surface area contributed by atoms with Crippen LogP contribution in [0.5, 0.6) is 0 Å². The minimum absolute atomic E-state index is 0.100. The molecule has 7 atom stereocenters. The van der Waals surface area contributed by atoms with E-state index in [0.29, 0.717) is 11.8 Å². The fourth-order valence-electron chi connectivity index (χ4n) is 9.11. The van der Waals surface area contributed by atoms with Crippen molar-refractivity contribution in [3.8, 4) is 11.8 Å². The highest BCUT2D eigenvalue weighted by Gasteiger charge is 2.57. The zero-order valence-electron chi connectivity index (χ0n) is 32.0. The van der Waals surface area contributed by atoms with E-state index in [1.165, 1.54) is 7.11 Å². The smallest absolute Gasteiger partial charge is 0.410 e. The number of aromatic amines is 2. The lowest BCUT2D eigenvalue weighted by atomic mass is 10.0. The summed E-state index contributed by atoms with van der Waals surface area (Å²) in [7, 11) is 1.30. The summed E-state index contributed by atoms with van der Waals surface area (Å²) in [5, 5.41) is 4.83. The van der Waals surface area contributed by atoms with Gasteiger partial charge in [-0.1, -0.05) is 68.2 Å². The number of H-pyrrole nitrogens is 2. The van der Waals surface area contributed by atoms with E-state index in [1.54, 1.807) is 0 Å². The Balaban J connectivity index is 0.860. The second kappa shape index (κ2) is 13.7. The fraction of sp³-hybridized carbons (Fsp3) is 0.356. The molecule has 4 aromatic carbocycles. The molecule has 10 rings (SSSR count). The first-order valence-corrected chi connectivity index (χ1v) is 19.8. The largest absolute Gasteiger partial charge is 0.453 e. The normalized spacial score (nSPS) is 23.6. The average molecular weight is 762 g/mol. The van der Waals surface area contributed by atoms with E-state index in [0.717, 1.165) is 86.9 Å². The van der Waals surface area contributed by atoms with E-state index in [4.69, 9.17) is 19.4 Å². The van der Waals surface area contributed by atoms with Gasteiger partial charge >= 0.3 is 12.2 Å². The number of hydrogen-bond donors (Lipinski definition) is 3. The molecule has 2 aromatic heterocycles. The van der Waals surface area contributed by atoms with Gasteiger partial charge in [-0.05, 0) is 90.8 Å². The van der Waals surface area contributed by atoms with Crippen LogP contribution in [-0.4, -0.2) is 73.1 Å². The Labute approximate surface area is 329 Å². The van der Waals surface area contributed by atoms with Gasteiger partial charge < -0.3 is 29.7 Å². The van der Waals surface area contributed by atoms with Crippen LogP contribution in [0.2, 0.25) is 0 Å². The maximum atomic E-state index is 13.8. The molecule has 0 bridgehead atoms. The van der Waals surface area contributed by atoms with Crippen molar-refractivity contribution in [3.63, 3.8) is 0 Å². The molecule has 12 heteroatoms. The number of amides is 3. The third-order valence-electron chi connectivity index (χ3n) is 12.2. The predicted octanol–water partition coefficient (Wildman–Crippen LogP) is 7.51. The Morgan fingerprint density at radius 3 is 2.23 bits per heavy atom. The summed E-state index contributed by atoms with van der Waals surface area (Å²) in [6.07, 6.45) is 2.80. The summed E-state index contributed by atoms with van der Waals surface area (Å²) in [6.45, 7) is 4.09. The molecule has 2 saturated carbocycles. The summed E-state index contributed by atoms with van der Waals surface area (Å²) in [5.74, 6) is 8.94. The quantitative estimate of drug-likeness (QED) is 0.143. The number of nitrogens with zero attached hydrogens (tertiary/aromatic N) is 4. The summed E-state index contributed by atoms with van der Waals surface area (Å²) in [4.78, 5) is 60.0. The van der Waals surface area contributed by atoms with Crippen LogP contribution in [-0.2, 0) is 20.9 Å². The van der Waals surface area contributed by atoms with Crippen LogP contribution < -0.4 is 5.32 Å². The van der Waals surface area contributed by atoms with Crippen molar-refractivity contribution in [3.05, 3.63) is 107 Å². The van der Waals surface area contributed by atoms with Gasteiger partial charge in [0, 0.05) is 28.6 Å². The topological polar surface area (TPSA) is 146 Å². The Hall–Kier alpha value is -6.35. The van der Waals surface area contributed by atoms with Crippen LogP contribution in [0.15, 0.2) is 78.9 Å². The molecule has 4 fully saturated rings. The maximum Gasteiger partial charge on any atom is 0.410 e. The first-order valence-electron chi connectivity index (χ1n) is 19.8. The van der Waals surface area contributed by atoms with Crippen molar-refractivity contribution < 1.29 is 23.9 Å². The number of benzene rings is 4. The molecule has 2 saturated heterocycles. The minimum Gasteiger partial charge on any atom is -0.453 e. The molecule has 2 unspecified atom stereocenters. The number of aromatic nitrogens is 4. The average Bonchev–Trinajstić information content (AvgIpc) is 3.88. The summed E-state index contributed by atoms with van der Waals surface area (Å²) in [6, 6.07) is 25.3. The number of fused-ring (bicyclic) bond motifs is 6. The lowest BCUT2D eigenvalue weighted by molar-refractivity contribution is -0.136. The molecule has 4 aliphatic rings. The number of methoxy groups -OCH3 is 1. The zero-order valence-corrected chi connectivity index (χ0v) is 32.0. The van der Waals surface area contributed by atoms with Crippen molar-refractivity contribution in [1.82, 2.24) is 35.1 Å². The van der Waals surface area contributed by atoms with E-state index in [9.17, 15) is 14.4 Å². The molecule has 57 heavy (non-hydrogen) atoms. The van der Waals surface area contributed by atoms with Crippen LogP contribution in [0.3, 0.4) is 0 Å². The van der Waals surface area contributed by atoms with Gasteiger partial charge in [-0.3, -0.25) is 9.69 Å². The predicted molar refractivity (Wildman–Crippen MR) is 214 cm³/mol. The van der Waals surface area contributed by atoms with Crippen LogP contribution in [0.25, 0.3) is 32.8 Å². The van der Waals surface area contributed by atoms with Gasteiger partial charge in [0.25, 0.3) is 0 Å². The van der Waals surface area contributed by atoms with E-state index >= 15 is 0 Å². The van der Waals surface area contributed by atoms with E-state index < -0.39 is 12.1 Å². The molecule has 0 radical (unpaired) electrons. The third-order valence-corrected chi connectivity index (χ3v) is 12.2. The number of alkyl carbamates (subject to hydrolysis) is 1. The lowest BCUT2D eigenvalue weighted by Crippen LogP contribution is -2.52. The number of carbonyl (C=O) groups excluding carboxylic acids is 3. The Kier molecular flexibility index (Phi) is 8.43. The van der Waals surface area contributed by atoms with E-state index in [1.807, 2.05) is 84.3 Å². The number of rotatable bonds is 7. The summed E-state index contributed by atoms with van der Waals surface area (Å²) < 4.78 is 10.6. The second-order valence-electron chi connectivity index (χ2n) is 16.3. The van der Waals surface area contributed by atoms with Gasteiger partial charge in [-0.15, -0.1) is 0 Å². The van der Waals surface area contributed by atoms with Gasteiger partial charge in [0.1, 0.15) is 24.3 Å². The first kappa shape index (κ1) is 35.1. The van der Waals surface area contributed by atoms with Crippen LogP contribution in [0.4, 0.5) is 9.59 Å². The highest BCUT2D eigenvalue weighted by molar-refractivity contribution is 6.04. The molecule has 6 aromatic rings. The van der Waals surface area contributed by atoms with Crippen molar-refractivity contribution in [2.45, 2.75) is 76.3 Å². The van der Waals surface area contributed by atoms with Crippen LogP contribution in [0.1, 0.15) is 80.0 Å². The lowest BCUT2D eigenvalue weighted by Gasteiger charge is -2.31. The number of imidazole rings is 2. The molecule has 3 amide bonds. The molecule has 0 spiro atoms. The standard InChI is InChI=1S/C45H43N7O5/c1-24(2)39(50-44(54)56-3)43(53)51-35-19-29(35)21-37(51)41-46-32-15-12-26(18-34(32)48-41)10-9-25-11-14-31-28(17-25)13-16-33-40(31)49-42(47-33)38-22-30-20-36(30)52(38)45(55)57-23-27-7-5-4-6-8-27/h4-8,11-18,24,29-30,35-39H,19-23H2,1-3H3,(H,46,48)(H,47,49)(H,50,54)/t29?,30-,35?,36-,37+,38+,39+/m1/s1. The number of nitrogens with one attached hydrogen (secondary N) is 3. The Morgan fingerprint density at radius 2 is 1.47 bits per heavy atom. The summed E-state index contributed by atoms with van der Waals surface area (Å²) in [5.41, 5.74) is 6.17. The van der Waals surface area contributed by atoms with Gasteiger partial charge in [0.2, 0.25) is 5.91 Å². The minimum atomic E-state index is -0.681. The highest BCUT2D eigenvalue weighted by Crippen LogP contribution is 2.54. The molecule has 288 valence electrons. The SMILES string of the molecule is COC(=O)N[C@H](C(=O)N1C2CC2C[C@H]1c1nc2ccc(C#Cc3ccc4c(ccc5nc([C@@H]6C[C@H]7C[C@H]7N6C(=O)OCc6ccccc6)[nH]c54)c3)cc2[nH]1)C(C)C. The number of carbonyl (C=O) groups is 3. The van der Waals surface area contributed by atoms with Crippen molar-refractivity contribution in [1.29, 1.82) is 0 Å². The van der Waals surface area contributed by atoms with E-state index in [-0.39, 0.29) is 48.7 Å². The second-order valence-corrected chi connectivity index (χ2v) is 16.3. The highest BCUT2D eigenvalue weighted by atomic mass is 16.6. The maximum absolute atomic E-state index is 13.8. The zero-order chi connectivity index (χ0) is 38.9. The van der Waals surface area contributed by atoms with Gasteiger partial charge in [-0.25, -0.2) is 19.6 Å². The number of hydrogen-bond acceptors (Lipinski definition) is 7. The van der Waals surface area contributed by atoms with Gasteiger partial charge in [0.15, 0.2) is 0 Å². The number of piperidine rings is 2. The van der Waals surface area contributed by atoms with Crippen molar-refractivity contribution in [2.75, 3.05) is 7.11 Å². The molecule has 4 heterocycles. The molecular formula is C45H43N7O5. The monoisotopic (exact) mass is 761 g/mol. The number of ether oxygens (including phenoxy) is 2. The first-order chi connectivity index (χ1) is 27.7. The molecule has 2 aliphatic carbocycles. The van der Waals surface area contributed by atoms with Gasteiger partial charge in [0.05, 0.1) is 41.3 Å².